The lowest BCUT2D eigenvalue weighted by Crippen LogP contribution is -2.16. The molecule has 0 amide bonds. The monoisotopic (exact) mass is 232 g/mol. The zero-order valence-corrected chi connectivity index (χ0v) is 9.13. The molecule has 1 aliphatic carbocycles. The van der Waals surface area contributed by atoms with E-state index in [2.05, 4.69) is 10.1 Å². The van der Waals surface area contributed by atoms with Crippen LogP contribution < -0.4 is 5.73 Å². The smallest absolute Gasteiger partial charge is 0.354 e. The summed E-state index contributed by atoms with van der Waals surface area (Å²) in [5.74, 6) is -0.661. The van der Waals surface area contributed by atoms with Crippen LogP contribution in [0.15, 0.2) is 12.3 Å². The van der Waals surface area contributed by atoms with Crippen molar-refractivity contribution in [2.75, 3.05) is 5.73 Å². The van der Waals surface area contributed by atoms with Crippen LogP contribution in [0.4, 0.5) is 5.69 Å². The van der Waals surface area contributed by atoms with E-state index in [0.717, 1.165) is 18.5 Å². The number of anilines is 1. The van der Waals surface area contributed by atoms with E-state index >= 15 is 0 Å². The molecule has 0 spiro atoms. The molecule has 6 heteroatoms. The highest BCUT2D eigenvalue weighted by molar-refractivity contribution is 5.86. The highest BCUT2D eigenvalue weighted by Crippen LogP contribution is 2.36. The minimum atomic E-state index is -1.03. The molecule has 0 bridgehead atoms. The summed E-state index contributed by atoms with van der Waals surface area (Å²) < 4.78 is 1.66. The zero-order chi connectivity index (χ0) is 12.0. The Hall–Kier alpha value is -2.11. The molecule has 1 saturated carbocycles. The van der Waals surface area contributed by atoms with Gasteiger partial charge in [-0.1, -0.05) is 6.42 Å². The van der Waals surface area contributed by atoms with Crippen LogP contribution >= 0.6 is 0 Å². The zero-order valence-electron chi connectivity index (χ0n) is 9.13. The van der Waals surface area contributed by atoms with E-state index in [-0.39, 0.29) is 5.69 Å². The molecule has 0 unspecified atom stereocenters. The van der Waals surface area contributed by atoms with E-state index in [1.165, 1.54) is 12.6 Å². The van der Waals surface area contributed by atoms with Crippen LogP contribution in [0.3, 0.4) is 0 Å². The highest BCUT2D eigenvalue weighted by atomic mass is 16.4. The van der Waals surface area contributed by atoms with Crippen molar-refractivity contribution in [2.24, 2.45) is 0 Å². The molecule has 3 N–H and O–H groups in total. The van der Waals surface area contributed by atoms with Crippen LogP contribution in [-0.4, -0.2) is 25.7 Å². The molecule has 2 aromatic heterocycles. The third-order valence-electron chi connectivity index (χ3n) is 3.27. The molecule has 17 heavy (non-hydrogen) atoms. The molecule has 0 aromatic carbocycles. The summed E-state index contributed by atoms with van der Waals surface area (Å²) >= 11 is 0. The predicted molar refractivity (Wildman–Crippen MR) is 61.0 cm³/mol. The van der Waals surface area contributed by atoms with Crippen molar-refractivity contribution in [1.82, 2.24) is 14.6 Å². The topological polar surface area (TPSA) is 93.5 Å². The molecule has 0 saturated heterocycles. The van der Waals surface area contributed by atoms with Gasteiger partial charge in [-0.25, -0.2) is 14.3 Å². The fourth-order valence-corrected chi connectivity index (χ4v) is 2.11. The quantitative estimate of drug-likeness (QED) is 0.813. The molecule has 6 nitrogen and oxygen atoms in total. The number of hydrogen-bond acceptors (Lipinski definition) is 4. The first-order valence-electron chi connectivity index (χ1n) is 5.54. The van der Waals surface area contributed by atoms with E-state index < -0.39 is 5.97 Å². The van der Waals surface area contributed by atoms with Crippen molar-refractivity contribution in [3.63, 3.8) is 0 Å². The summed E-state index contributed by atoms with van der Waals surface area (Å²) in [6, 6.07) is 1.60. The molecule has 0 aliphatic heterocycles. The van der Waals surface area contributed by atoms with Crippen molar-refractivity contribution >= 4 is 17.3 Å². The first-order valence-corrected chi connectivity index (χ1v) is 5.54. The Balaban J connectivity index is 2.26. The number of nitrogens with two attached hydrogens (primary N) is 1. The van der Waals surface area contributed by atoms with Gasteiger partial charge in [0, 0.05) is 5.92 Å². The predicted octanol–water partition coefficient (Wildman–Crippen LogP) is 1.28. The van der Waals surface area contributed by atoms with E-state index in [9.17, 15) is 4.79 Å². The second-order valence-electron chi connectivity index (χ2n) is 4.33. The van der Waals surface area contributed by atoms with Gasteiger partial charge in [0.25, 0.3) is 0 Å². The Bertz CT molecular complexity index is 601. The molecule has 2 heterocycles. The maximum atomic E-state index is 11.0. The molecule has 1 aliphatic rings. The lowest BCUT2D eigenvalue weighted by molar-refractivity contribution is 0.0690. The highest BCUT2D eigenvalue weighted by Gasteiger charge is 2.25. The number of carboxylic acid groups (broad SMARTS) is 1. The van der Waals surface area contributed by atoms with Gasteiger partial charge in [0.15, 0.2) is 11.3 Å². The molecule has 1 fully saturated rings. The number of nitrogens with zero attached hydrogens (tertiary/aromatic N) is 3. The fraction of sp³-hybridized carbons (Fsp3) is 0.364. The average molecular weight is 232 g/mol. The van der Waals surface area contributed by atoms with E-state index in [1.807, 2.05) is 0 Å². The van der Waals surface area contributed by atoms with Crippen LogP contribution in [0.2, 0.25) is 0 Å². The number of carbonyl (C=O) groups is 1. The van der Waals surface area contributed by atoms with E-state index in [4.69, 9.17) is 10.8 Å². The van der Waals surface area contributed by atoms with Gasteiger partial charge in [-0.05, 0) is 18.9 Å². The van der Waals surface area contributed by atoms with Crippen LogP contribution in [-0.2, 0) is 0 Å². The van der Waals surface area contributed by atoms with Gasteiger partial charge in [-0.15, -0.1) is 0 Å². The van der Waals surface area contributed by atoms with E-state index in [1.54, 1.807) is 10.6 Å². The Morgan fingerprint density at radius 2 is 2.29 bits per heavy atom. The van der Waals surface area contributed by atoms with Crippen molar-refractivity contribution < 1.29 is 9.90 Å². The first-order chi connectivity index (χ1) is 8.16. The van der Waals surface area contributed by atoms with Gasteiger partial charge in [0.2, 0.25) is 0 Å². The first kappa shape index (κ1) is 10.1. The van der Waals surface area contributed by atoms with Crippen molar-refractivity contribution in [1.29, 1.82) is 0 Å². The molecular formula is C11H12N4O2. The van der Waals surface area contributed by atoms with Gasteiger partial charge in [0.1, 0.15) is 0 Å². The summed E-state index contributed by atoms with van der Waals surface area (Å²) in [6.45, 7) is 0. The number of nitrogen functional groups attached to an aromatic ring is 1. The molecule has 3 rings (SSSR count). The average Bonchev–Trinajstić information content (AvgIpc) is 2.58. The third kappa shape index (κ3) is 1.44. The summed E-state index contributed by atoms with van der Waals surface area (Å²) in [5.41, 5.74) is 7.52. The molecule has 0 atom stereocenters. The van der Waals surface area contributed by atoms with Gasteiger partial charge in [-0.2, -0.15) is 5.10 Å². The number of hydrogen-bond donors (Lipinski definition) is 2. The van der Waals surface area contributed by atoms with E-state index in [0.29, 0.717) is 17.3 Å². The Morgan fingerprint density at radius 3 is 2.88 bits per heavy atom. The van der Waals surface area contributed by atoms with Crippen LogP contribution in [0.5, 0.6) is 0 Å². The Kier molecular flexibility index (Phi) is 2.04. The van der Waals surface area contributed by atoms with Crippen molar-refractivity contribution in [3.8, 4) is 0 Å². The number of rotatable bonds is 2. The maximum Gasteiger partial charge on any atom is 0.354 e. The van der Waals surface area contributed by atoms with Crippen LogP contribution in [0.25, 0.3) is 5.65 Å². The molecule has 0 radical (unpaired) electrons. The fourth-order valence-electron chi connectivity index (χ4n) is 2.11. The van der Waals surface area contributed by atoms with Gasteiger partial charge >= 0.3 is 5.97 Å². The molecular weight excluding hydrogens is 220 g/mol. The minimum Gasteiger partial charge on any atom is -0.477 e. The van der Waals surface area contributed by atoms with Crippen LogP contribution in [0, 0.1) is 0 Å². The minimum absolute atomic E-state index is 0.0339. The summed E-state index contributed by atoms with van der Waals surface area (Å²) in [4.78, 5) is 15.0. The second kappa shape index (κ2) is 3.44. The Morgan fingerprint density at radius 1 is 1.53 bits per heavy atom. The summed E-state index contributed by atoms with van der Waals surface area (Å²) in [7, 11) is 0. The van der Waals surface area contributed by atoms with Crippen molar-refractivity contribution in [2.45, 2.75) is 25.2 Å². The van der Waals surface area contributed by atoms with Gasteiger partial charge in [0.05, 0.1) is 17.6 Å². The number of aromatic nitrogens is 3. The van der Waals surface area contributed by atoms with Crippen LogP contribution in [0.1, 0.15) is 41.4 Å². The summed E-state index contributed by atoms with van der Waals surface area (Å²) in [6.07, 6.45) is 4.82. The van der Waals surface area contributed by atoms with Gasteiger partial charge in [-0.3, -0.25) is 0 Å². The maximum absolute atomic E-state index is 11.0. The summed E-state index contributed by atoms with van der Waals surface area (Å²) in [5, 5.41) is 13.2. The molecule has 2 aromatic rings. The number of aromatic carboxylic acids is 1. The largest absolute Gasteiger partial charge is 0.477 e. The molecule has 88 valence electrons. The van der Waals surface area contributed by atoms with Crippen molar-refractivity contribution in [3.05, 3.63) is 23.7 Å². The number of carboxylic acids is 1. The standard InChI is InChI=1S/C11H12N4O2/c12-7-5-13-15-9(6-2-1-3-6)4-8(11(16)17)14-10(7)15/h4-6H,1-3,12H2,(H,16,17). The normalized spacial score (nSPS) is 16.0. The number of fused-ring (bicyclic) bond motifs is 1. The second-order valence-corrected chi connectivity index (χ2v) is 4.33. The van der Waals surface area contributed by atoms with Gasteiger partial charge < -0.3 is 10.8 Å². The lowest BCUT2D eigenvalue weighted by Gasteiger charge is -2.26. The lowest BCUT2D eigenvalue weighted by atomic mass is 9.82. The Labute approximate surface area is 97.1 Å². The SMILES string of the molecule is Nc1cnn2c(C3CCC3)cc(C(=O)O)nc12. The third-order valence-corrected chi connectivity index (χ3v) is 3.27.